The molecular weight excluding hydrogens is 224 g/mol. The molecule has 2 rings (SSSR count). The van der Waals surface area contributed by atoms with Crippen molar-refractivity contribution in [2.24, 2.45) is 5.73 Å². The first-order chi connectivity index (χ1) is 8.54. The maximum absolute atomic E-state index is 5.78. The van der Waals surface area contributed by atoms with Crippen LogP contribution in [0.25, 0.3) is 0 Å². The fraction of sp³-hybridized carbons (Fsp3) is 0.267. The molecule has 2 N–H and O–H groups in total. The first-order valence-corrected chi connectivity index (χ1v) is 6.02. The lowest BCUT2D eigenvalue weighted by molar-refractivity contribution is 0.461. The molecule has 1 aromatic carbocycles. The van der Waals surface area contributed by atoms with Crippen molar-refractivity contribution in [1.82, 2.24) is 4.98 Å². The van der Waals surface area contributed by atoms with Crippen molar-refractivity contribution in [3.63, 3.8) is 0 Å². The maximum Gasteiger partial charge on any atom is 0.219 e. The predicted octanol–water partition coefficient (Wildman–Crippen LogP) is 3.51. The van der Waals surface area contributed by atoms with Crippen molar-refractivity contribution < 1.29 is 4.74 Å². The molecule has 0 saturated heterocycles. The van der Waals surface area contributed by atoms with Gasteiger partial charge < -0.3 is 10.5 Å². The zero-order valence-electron chi connectivity index (χ0n) is 11.0. The molecule has 18 heavy (non-hydrogen) atoms. The van der Waals surface area contributed by atoms with E-state index in [0.29, 0.717) is 5.88 Å². The van der Waals surface area contributed by atoms with Crippen LogP contribution in [-0.4, -0.2) is 4.98 Å². The molecule has 0 spiro atoms. The highest BCUT2D eigenvalue weighted by atomic mass is 16.5. The summed E-state index contributed by atoms with van der Waals surface area (Å²) in [5.74, 6) is 1.40. The molecule has 0 radical (unpaired) electrons. The van der Waals surface area contributed by atoms with Crippen molar-refractivity contribution in [3.8, 4) is 11.6 Å². The van der Waals surface area contributed by atoms with Crippen LogP contribution in [0.3, 0.4) is 0 Å². The fourth-order valence-electron chi connectivity index (χ4n) is 1.83. The minimum absolute atomic E-state index is 0.00670. The van der Waals surface area contributed by atoms with Gasteiger partial charge in [0.15, 0.2) is 0 Å². The van der Waals surface area contributed by atoms with Crippen molar-refractivity contribution >= 4 is 0 Å². The molecule has 1 atom stereocenters. The van der Waals surface area contributed by atoms with Gasteiger partial charge in [-0.05, 0) is 49.6 Å². The lowest BCUT2D eigenvalue weighted by Crippen LogP contribution is -2.05. The third kappa shape index (κ3) is 3.08. The van der Waals surface area contributed by atoms with Crippen LogP contribution in [0.5, 0.6) is 11.6 Å². The van der Waals surface area contributed by atoms with E-state index in [4.69, 9.17) is 10.5 Å². The number of hydrogen-bond acceptors (Lipinski definition) is 3. The van der Waals surface area contributed by atoms with Gasteiger partial charge in [0.1, 0.15) is 5.75 Å². The minimum Gasteiger partial charge on any atom is -0.439 e. The molecule has 0 amide bonds. The number of nitrogens with zero attached hydrogens (tertiary/aromatic N) is 1. The third-order valence-corrected chi connectivity index (χ3v) is 2.70. The van der Waals surface area contributed by atoms with Crippen LogP contribution in [-0.2, 0) is 0 Å². The van der Waals surface area contributed by atoms with Crippen molar-refractivity contribution in [3.05, 3.63) is 53.2 Å². The Hall–Kier alpha value is -1.87. The fourth-order valence-corrected chi connectivity index (χ4v) is 1.83. The Bertz CT molecular complexity index is 512. The van der Waals surface area contributed by atoms with Crippen LogP contribution >= 0.6 is 0 Å². The van der Waals surface area contributed by atoms with E-state index < -0.39 is 0 Å². The van der Waals surface area contributed by atoms with Crippen LogP contribution in [0.15, 0.2) is 36.5 Å². The van der Waals surface area contributed by atoms with Gasteiger partial charge in [0.2, 0.25) is 5.88 Å². The Kier molecular flexibility index (Phi) is 3.63. The summed E-state index contributed by atoms with van der Waals surface area (Å²) in [7, 11) is 0. The maximum atomic E-state index is 5.78. The number of benzene rings is 1. The second-order valence-electron chi connectivity index (χ2n) is 4.64. The van der Waals surface area contributed by atoms with Gasteiger partial charge >= 0.3 is 0 Å². The Labute approximate surface area is 108 Å². The summed E-state index contributed by atoms with van der Waals surface area (Å²) in [5, 5.41) is 0. The molecule has 3 heteroatoms. The van der Waals surface area contributed by atoms with Gasteiger partial charge in [0.05, 0.1) is 0 Å². The lowest BCUT2D eigenvalue weighted by Gasteiger charge is -2.09. The molecular formula is C15H18N2O. The quantitative estimate of drug-likeness (QED) is 0.896. The highest BCUT2D eigenvalue weighted by Crippen LogP contribution is 2.22. The average Bonchev–Trinajstić information content (AvgIpc) is 2.28. The normalized spacial score (nSPS) is 12.2. The van der Waals surface area contributed by atoms with Crippen molar-refractivity contribution in [1.29, 1.82) is 0 Å². The molecule has 0 aliphatic heterocycles. The summed E-state index contributed by atoms with van der Waals surface area (Å²) >= 11 is 0. The van der Waals surface area contributed by atoms with Gasteiger partial charge in [0.25, 0.3) is 0 Å². The first-order valence-electron chi connectivity index (χ1n) is 6.02. The molecule has 1 aromatic heterocycles. The van der Waals surface area contributed by atoms with Crippen LogP contribution in [0.2, 0.25) is 0 Å². The number of aryl methyl sites for hydroxylation is 2. The average molecular weight is 242 g/mol. The summed E-state index contributed by atoms with van der Waals surface area (Å²) in [6, 6.07) is 9.88. The van der Waals surface area contributed by atoms with Crippen LogP contribution in [0, 0.1) is 13.8 Å². The van der Waals surface area contributed by atoms with Crippen molar-refractivity contribution in [2.75, 3.05) is 0 Å². The largest absolute Gasteiger partial charge is 0.439 e. The first kappa shape index (κ1) is 12.6. The van der Waals surface area contributed by atoms with Gasteiger partial charge in [-0.1, -0.05) is 12.1 Å². The second-order valence-corrected chi connectivity index (χ2v) is 4.64. The molecule has 0 aliphatic rings. The highest BCUT2D eigenvalue weighted by Gasteiger charge is 2.03. The van der Waals surface area contributed by atoms with Crippen molar-refractivity contribution in [2.45, 2.75) is 26.8 Å². The van der Waals surface area contributed by atoms with E-state index in [1.165, 1.54) is 11.1 Å². The Balaban J connectivity index is 2.18. The van der Waals surface area contributed by atoms with E-state index in [1.807, 2.05) is 45.0 Å². The summed E-state index contributed by atoms with van der Waals surface area (Å²) in [5.41, 5.74) is 9.13. The third-order valence-electron chi connectivity index (χ3n) is 2.70. The molecule has 0 bridgehead atoms. The van der Waals surface area contributed by atoms with Gasteiger partial charge in [0, 0.05) is 18.3 Å². The Morgan fingerprint density at radius 3 is 2.28 bits per heavy atom. The lowest BCUT2D eigenvalue weighted by atomic mass is 10.1. The van der Waals surface area contributed by atoms with Gasteiger partial charge in [-0.2, -0.15) is 0 Å². The van der Waals surface area contributed by atoms with E-state index >= 15 is 0 Å². The monoisotopic (exact) mass is 242 g/mol. The molecule has 1 heterocycles. The molecule has 2 aromatic rings. The number of rotatable bonds is 3. The Morgan fingerprint density at radius 1 is 1.11 bits per heavy atom. The van der Waals surface area contributed by atoms with E-state index in [1.54, 1.807) is 6.20 Å². The smallest absolute Gasteiger partial charge is 0.219 e. The highest BCUT2D eigenvalue weighted by molar-refractivity contribution is 5.35. The minimum atomic E-state index is -0.00670. The zero-order valence-corrected chi connectivity index (χ0v) is 11.0. The number of pyridine rings is 1. The van der Waals surface area contributed by atoms with E-state index in [-0.39, 0.29) is 6.04 Å². The molecule has 94 valence electrons. The summed E-state index contributed by atoms with van der Waals surface area (Å²) < 4.78 is 5.72. The van der Waals surface area contributed by atoms with Crippen LogP contribution in [0.4, 0.5) is 0 Å². The number of hydrogen-bond donors (Lipinski definition) is 1. The zero-order chi connectivity index (χ0) is 13.1. The molecule has 0 aliphatic carbocycles. The SMILES string of the molecule is Cc1cc(C)cc(Oc2ccc(C(C)N)cn2)c1. The number of aromatic nitrogens is 1. The van der Waals surface area contributed by atoms with Gasteiger partial charge in [-0.3, -0.25) is 0 Å². The van der Waals surface area contributed by atoms with E-state index in [9.17, 15) is 0 Å². The van der Waals surface area contributed by atoms with E-state index in [0.717, 1.165) is 11.3 Å². The second kappa shape index (κ2) is 5.19. The van der Waals surface area contributed by atoms with E-state index in [2.05, 4.69) is 11.1 Å². The summed E-state index contributed by atoms with van der Waals surface area (Å²) in [6.45, 7) is 6.03. The topological polar surface area (TPSA) is 48.1 Å². The van der Waals surface area contributed by atoms with Gasteiger partial charge in [-0.15, -0.1) is 0 Å². The molecule has 0 saturated carbocycles. The number of ether oxygens (including phenoxy) is 1. The van der Waals surface area contributed by atoms with Gasteiger partial charge in [-0.25, -0.2) is 4.98 Å². The molecule has 3 nitrogen and oxygen atoms in total. The summed E-state index contributed by atoms with van der Waals surface area (Å²) in [4.78, 5) is 4.25. The number of nitrogens with two attached hydrogens (primary N) is 1. The standard InChI is InChI=1S/C15H18N2O/c1-10-6-11(2)8-14(7-10)18-15-5-4-13(9-17-15)12(3)16/h4-9,12H,16H2,1-3H3. The van der Waals surface area contributed by atoms with Crippen LogP contribution < -0.4 is 10.5 Å². The summed E-state index contributed by atoms with van der Waals surface area (Å²) in [6.07, 6.45) is 1.75. The Morgan fingerprint density at radius 2 is 1.78 bits per heavy atom. The molecule has 0 fully saturated rings. The molecule has 1 unspecified atom stereocenters. The predicted molar refractivity (Wildman–Crippen MR) is 72.8 cm³/mol. The van der Waals surface area contributed by atoms with Crippen LogP contribution in [0.1, 0.15) is 29.7 Å².